The summed E-state index contributed by atoms with van der Waals surface area (Å²) >= 11 is 0. The second-order valence-corrected chi connectivity index (χ2v) is 4.60. The molecule has 1 aliphatic heterocycles. The lowest BCUT2D eigenvalue weighted by atomic mass is 9.77. The highest BCUT2D eigenvalue weighted by molar-refractivity contribution is 5.15. The molecule has 0 unspecified atom stereocenters. The molecule has 3 heteroatoms. The molecular weight excluding hydrogens is 176 g/mol. The second kappa shape index (κ2) is 4.22. The number of hydrogen-bond donors (Lipinski definition) is 2. The first-order valence-electron chi connectivity index (χ1n) is 5.29. The summed E-state index contributed by atoms with van der Waals surface area (Å²) in [4.78, 5) is 5.53. The highest BCUT2D eigenvalue weighted by atomic mass is 16.6. The van der Waals surface area contributed by atoms with Crippen molar-refractivity contribution in [2.75, 3.05) is 13.6 Å². The Morgan fingerprint density at radius 2 is 2.14 bits per heavy atom. The number of hydrogen-bond acceptors (Lipinski definition) is 3. The van der Waals surface area contributed by atoms with Gasteiger partial charge in [-0.15, -0.1) is 0 Å². The first-order chi connectivity index (χ1) is 6.50. The Morgan fingerprint density at radius 1 is 1.50 bits per heavy atom. The van der Waals surface area contributed by atoms with E-state index in [1.807, 2.05) is 0 Å². The van der Waals surface area contributed by atoms with E-state index >= 15 is 0 Å². The molecule has 14 heavy (non-hydrogen) atoms. The second-order valence-electron chi connectivity index (χ2n) is 4.60. The maximum atomic E-state index is 5.53. The molecule has 0 aromatic carbocycles. The summed E-state index contributed by atoms with van der Waals surface area (Å²) in [5.41, 5.74) is 4.01. The summed E-state index contributed by atoms with van der Waals surface area (Å²) in [6.45, 7) is 9.86. The van der Waals surface area contributed by atoms with Gasteiger partial charge in [0.2, 0.25) is 0 Å². The molecule has 2 N–H and O–H groups in total. The van der Waals surface area contributed by atoms with Gasteiger partial charge in [0.15, 0.2) is 0 Å². The number of hydroxylamine groups is 1. The molecule has 0 aromatic rings. The lowest BCUT2D eigenvalue weighted by Gasteiger charge is -2.32. The van der Waals surface area contributed by atoms with Gasteiger partial charge < -0.3 is 10.2 Å². The minimum atomic E-state index is 0.0938. The van der Waals surface area contributed by atoms with E-state index in [0.717, 1.165) is 18.0 Å². The molecule has 0 saturated carbocycles. The monoisotopic (exact) mass is 198 g/mol. The van der Waals surface area contributed by atoms with E-state index in [0.29, 0.717) is 5.92 Å². The van der Waals surface area contributed by atoms with Crippen molar-refractivity contribution in [1.82, 2.24) is 10.8 Å². The van der Waals surface area contributed by atoms with Crippen LogP contribution >= 0.6 is 0 Å². The van der Waals surface area contributed by atoms with Gasteiger partial charge in [-0.1, -0.05) is 20.8 Å². The van der Waals surface area contributed by atoms with Crippen molar-refractivity contribution in [1.29, 1.82) is 0 Å². The Morgan fingerprint density at radius 3 is 2.71 bits per heavy atom. The van der Waals surface area contributed by atoms with Gasteiger partial charge in [-0.05, 0) is 19.3 Å². The number of rotatable bonds is 2. The normalized spacial score (nSPS) is 26.8. The molecule has 0 aliphatic carbocycles. The van der Waals surface area contributed by atoms with Gasteiger partial charge in [0.05, 0.1) is 0 Å². The molecule has 0 fully saturated rings. The maximum absolute atomic E-state index is 5.53. The molecule has 0 spiro atoms. The van der Waals surface area contributed by atoms with Crippen LogP contribution in [0, 0.1) is 11.3 Å². The third-order valence-corrected chi connectivity index (χ3v) is 3.33. The summed E-state index contributed by atoms with van der Waals surface area (Å²) in [5, 5.41) is 3.38. The molecule has 0 radical (unpaired) electrons. The summed E-state index contributed by atoms with van der Waals surface area (Å²) in [5.74, 6) is 1.65. The Labute approximate surface area is 86.9 Å². The average Bonchev–Trinajstić information content (AvgIpc) is 2.19. The largest absolute Gasteiger partial charge is 0.411 e. The smallest absolute Gasteiger partial charge is 0.148 e. The zero-order valence-electron chi connectivity index (χ0n) is 9.90. The van der Waals surface area contributed by atoms with E-state index in [4.69, 9.17) is 4.84 Å². The molecule has 1 atom stereocenters. The summed E-state index contributed by atoms with van der Waals surface area (Å²) in [6.07, 6.45) is 1.18. The SMILES string of the molecule is CNOC1=C(C)NCC[C@H](C)C1(C)C. The molecule has 1 heterocycles. The molecule has 1 aliphatic rings. The van der Waals surface area contributed by atoms with E-state index in [-0.39, 0.29) is 5.41 Å². The zero-order chi connectivity index (χ0) is 10.8. The highest BCUT2D eigenvalue weighted by Gasteiger charge is 2.35. The Bertz CT molecular complexity index is 233. The quantitative estimate of drug-likeness (QED) is 0.666. The molecule has 0 saturated heterocycles. The molecular formula is C11H22N2O. The van der Waals surface area contributed by atoms with Crippen LogP contribution in [-0.4, -0.2) is 13.6 Å². The van der Waals surface area contributed by atoms with Gasteiger partial charge in [0.1, 0.15) is 5.76 Å². The van der Waals surface area contributed by atoms with E-state index in [9.17, 15) is 0 Å². The van der Waals surface area contributed by atoms with E-state index in [1.165, 1.54) is 6.42 Å². The van der Waals surface area contributed by atoms with Gasteiger partial charge in [-0.2, -0.15) is 5.48 Å². The fourth-order valence-electron chi connectivity index (χ4n) is 1.93. The predicted octanol–water partition coefficient (Wildman–Crippen LogP) is 2.02. The molecule has 0 aromatic heterocycles. The standard InChI is InChI=1S/C11H22N2O/c1-8-6-7-13-9(2)10(14-12-5)11(8,3)4/h8,12-13H,6-7H2,1-5H3/t8-/m0/s1. The summed E-state index contributed by atoms with van der Waals surface area (Å²) < 4.78 is 0. The topological polar surface area (TPSA) is 33.3 Å². The van der Waals surface area contributed by atoms with Crippen LogP contribution in [0.25, 0.3) is 0 Å². The lowest BCUT2D eigenvalue weighted by Crippen LogP contribution is -2.28. The molecule has 0 bridgehead atoms. The van der Waals surface area contributed by atoms with Crippen molar-refractivity contribution < 1.29 is 4.84 Å². The Hall–Kier alpha value is -0.700. The van der Waals surface area contributed by atoms with Crippen LogP contribution in [0.1, 0.15) is 34.1 Å². The van der Waals surface area contributed by atoms with Crippen LogP contribution in [-0.2, 0) is 4.84 Å². The van der Waals surface area contributed by atoms with Crippen molar-refractivity contribution in [3.05, 3.63) is 11.5 Å². The van der Waals surface area contributed by atoms with Crippen molar-refractivity contribution >= 4 is 0 Å². The van der Waals surface area contributed by atoms with Crippen molar-refractivity contribution in [2.24, 2.45) is 11.3 Å². The molecule has 82 valence electrons. The van der Waals surface area contributed by atoms with Crippen molar-refractivity contribution in [2.45, 2.75) is 34.1 Å². The van der Waals surface area contributed by atoms with Gasteiger partial charge in [0, 0.05) is 24.7 Å². The average molecular weight is 198 g/mol. The highest BCUT2D eigenvalue weighted by Crippen LogP contribution is 2.39. The summed E-state index contributed by atoms with van der Waals surface area (Å²) in [6, 6.07) is 0. The predicted molar refractivity (Wildman–Crippen MR) is 58.4 cm³/mol. The van der Waals surface area contributed by atoms with Gasteiger partial charge >= 0.3 is 0 Å². The van der Waals surface area contributed by atoms with E-state index in [2.05, 4.69) is 38.5 Å². The number of nitrogens with one attached hydrogen (secondary N) is 2. The van der Waals surface area contributed by atoms with Crippen LogP contribution in [0.5, 0.6) is 0 Å². The van der Waals surface area contributed by atoms with Crippen molar-refractivity contribution in [3.8, 4) is 0 Å². The van der Waals surface area contributed by atoms with E-state index < -0.39 is 0 Å². The van der Waals surface area contributed by atoms with Crippen LogP contribution in [0.15, 0.2) is 11.5 Å². The minimum Gasteiger partial charge on any atom is -0.411 e. The first kappa shape index (κ1) is 11.4. The Kier molecular flexibility index (Phi) is 3.43. The maximum Gasteiger partial charge on any atom is 0.148 e. The van der Waals surface area contributed by atoms with Gasteiger partial charge in [-0.3, -0.25) is 0 Å². The Balaban J connectivity index is 2.99. The van der Waals surface area contributed by atoms with Gasteiger partial charge in [0.25, 0.3) is 0 Å². The zero-order valence-corrected chi connectivity index (χ0v) is 9.90. The van der Waals surface area contributed by atoms with Crippen LogP contribution in [0.2, 0.25) is 0 Å². The summed E-state index contributed by atoms with van der Waals surface area (Å²) in [7, 11) is 1.80. The fraction of sp³-hybridized carbons (Fsp3) is 0.818. The fourth-order valence-corrected chi connectivity index (χ4v) is 1.93. The molecule has 0 amide bonds. The van der Waals surface area contributed by atoms with Gasteiger partial charge in [-0.25, -0.2) is 0 Å². The van der Waals surface area contributed by atoms with Crippen LogP contribution in [0.4, 0.5) is 0 Å². The third kappa shape index (κ3) is 2.03. The van der Waals surface area contributed by atoms with E-state index in [1.54, 1.807) is 7.05 Å². The minimum absolute atomic E-state index is 0.0938. The molecule has 1 rings (SSSR count). The first-order valence-corrected chi connectivity index (χ1v) is 5.29. The lowest BCUT2D eigenvalue weighted by molar-refractivity contribution is 0.0536. The number of allylic oxidation sites excluding steroid dienone is 2. The van der Waals surface area contributed by atoms with Crippen LogP contribution < -0.4 is 10.8 Å². The van der Waals surface area contributed by atoms with Crippen molar-refractivity contribution in [3.63, 3.8) is 0 Å². The van der Waals surface area contributed by atoms with Crippen LogP contribution in [0.3, 0.4) is 0 Å². The molecule has 3 nitrogen and oxygen atoms in total. The third-order valence-electron chi connectivity index (χ3n) is 3.33.